The van der Waals surface area contributed by atoms with Crippen molar-refractivity contribution in [2.75, 3.05) is 13.2 Å². The molecule has 2 heterocycles. The van der Waals surface area contributed by atoms with Gasteiger partial charge in [-0.05, 0) is 39.0 Å². The summed E-state index contributed by atoms with van der Waals surface area (Å²) in [6.07, 6.45) is -6.15. The SMILES string of the molecule is C[C@]1(O[C@H]2O[C@H](CO)[C@H](O)C(O)C2NC(=O)OC2CC/C=C/CCC2)OC(CO)[C@@H](O)C(O)C1O. The van der Waals surface area contributed by atoms with Crippen molar-refractivity contribution >= 4 is 6.09 Å². The third-order valence-corrected chi connectivity index (χ3v) is 6.66. The molecule has 0 aromatic heterocycles. The summed E-state index contributed by atoms with van der Waals surface area (Å²) in [5.41, 5.74) is 0. The van der Waals surface area contributed by atoms with E-state index >= 15 is 0 Å². The molecule has 2 saturated heterocycles. The molecular formula is C22H37NO12. The van der Waals surface area contributed by atoms with Crippen LogP contribution in [-0.2, 0) is 18.9 Å². The van der Waals surface area contributed by atoms with Crippen LogP contribution in [-0.4, -0.2) is 122 Å². The molecule has 0 aromatic carbocycles. The number of nitrogens with one attached hydrogen (secondary N) is 1. The van der Waals surface area contributed by atoms with Gasteiger partial charge in [-0.2, -0.15) is 0 Å². The molecule has 0 aromatic rings. The minimum Gasteiger partial charge on any atom is -0.446 e. The van der Waals surface area contributed by atoms with E-state index in [-0.39, 0.29) is 6.10 Å². The number of hydrogen-bond acceptors (Lipinski definition) is 12. The Kier molecular flexibility index (Phi) is 9.85. The zero-order valence-corrected chi connectivity index (χ0v) is 19.5. The summed E-state index contributed by atoms with van der Waals surface area (Å²) in [6, 6.07) is -1.43. The van der Waals surface area contributed by atoms with Crippen molar-refractivity contribution in [1.82, 2.24) is 5.32 Å². The van der Waals surface area contributed by atoms with Crippen LogP contribution in [0.4, 0.5) is 4.79 Å². The Bertz CT molecular complexity index is 723. The minimum atomic E-state index is -2.07. The standard InChI is InChI=1S/C22H37NO12/c1-22(19(30)18(29)16(27)13(10-25)34-22)35-20-14(17(28)15(26)12(9-24)33-20)23-21(31)32-11-7-5-3-2-4-6-8-11/h2-3,11-20,24-30H,4-10H2,1H3,(H,23,31)/b3-2+/t11?,12-,13?,14?,15+,16-,17?,18?,19?,20-,22-/m1/s1. The molecule has 13 nitrogen and oxygen atoms in total. The molecule has 1 aliphatic carbocycles. The number of ether oxygens (including phenoxy) is 4. The number of hydrogen-bond donors (Lipinski definition) is 8. The van der Waals surface area contributed by atoms with Crippen LogP contribution in [0, 0.1) is 0 Å². The van der Waals surface area contributed by atoms with Crippen LogP contribution < -0.4 is 5.32 Å². The van der Waals surface area contributed by atoms with Crippen LogP contribution in [0.1, 0.15) is 39.0 Å². The van der Waals surface area contributed by atoms with Gasteiger partial charge in [-0.3, -0.25) is 0 Å². The van der Waals surface area contributed by atoms with Gasteiger partial charge in [0, 0.05) is 0 Å². The molecule has 0 spiro atoms. The predicted molar refractivity (Wildman–Crippen MR) is 117 cm³/mol. The number of alkyl carbamates (subject to hydrolysis) is 1. The molecule has 202 valence electrons. The Morgan fingerprint density at radius 1 is 0.971 bits per heavy atom. The van der Waals surface area contributed by atoms with Gasteiger partial charge in [0.15, 0.2) is 12.1 Å². The predicted octanol–water partition coefficient (Wildman–Crippen LogP) is -2.38. The van der Waals surface area contributed by atoms with Gasteiger partial charge in [-0.1, -0.05) is 12.2 Å². The molecule has 0 saturated carbocycles. The quantitative estimate of drug-likeness (QED) is 0.177. The van der Waals surface area contributed by atoms with E-state index in [0.717, 1.165) is 19.3 Å². The summed E-state index contributed by atoms with van der Waals surface area (Å²) < 4.78 is 22.3. The molecule has 1 amide bonds. The van der Waals surface area contributed by atoms with Crippen LogP contribution in [0.15, 0.2) is 12.2 Å². The molecule has 2 aliphatic heterocycles. The lowest BCUT2D eigenvalue weighted by Gasteiger charge is -2.50. The summed E-state index contributed by atoms with van der Waals surface area (Å²) >= 11 is 0. The zero-order chi connectivity index (χ0) is 25.8. The monoisotopic (exact) mass is 507 g/mol. The second kappa shape index (κ2) is 12.2. The number of carbonyl (C=O) groups is 1. The maximum Gasteiger partial charge on any atom is 0.407 e. The highest BCUT2D eigenvalue weighted by Crippen LogP contribution is 2.35. The average molecular weight is 508 g/mol. The van der Waals surface area contributed by atoms with E-state index in [1.807, 2.05) is 6.08 Å². The molecule has 2 fully saturated rings. The number of allylic oxidation sites excluding steroid dienone is 2. The second-order valence-electron chi connectivity index (χ2n) is 9.28. The van der Waals surface area contributed by atoms with Crippen molar-refractivity contribution < 1.29 is 59.5 Å². The summed E-state index contributed by atoms with van der Waals surface area (Å²) in [5, 5.41) is 73.2. The Labute approximate surface area is 202 Å². The fraction of sp³-hybridized carbons (Fsp3) is 0.864. The minimum absolute atomic E-state index is 0.362. The van der Waals surface area contributed by atoms with Crippen molar-refractivity contribution in [3.63, 3.8) is 0 Å². The molecule has 0 bridgehead atoms. The van der Waals surface area contributed by atoms with Gasteiger partial charge in [0.25, 0.3) is 0 Å². The highest BCUT2D eigenvalue weighted by molar-refractivity contribution is 5.68. The lowest BCUT2D eigenvalue weighted by Crippen LogP contribution is -2.70. The fourth-order valence-corrected chi connectivity index (χ4v) is 4.53. The van der Waals surface area contributed by atoms with Crippen molar-refractivity contribution in [3.8, 4) is 0 Å². The maximum absolute atomic E-state index is 12.7. The van der Waals surface area contributed by atoms with Crippen LogP contribution in [0.2, 0.25) is 0 Å². The Balaban J connectivity index is 1.76. The second-order valence-corrected chi connectivity index (χ2v) is 9.28. The molecule has 6 unspecified atom stereocenters. The highest BCUT2D eigenvalue weighted by Gasteiger charge is 2.55. The summed E-state index contributed by atoms with van der Waals surface area (Å²) in [4.78, 5) is 12.7. The third kappa shape index (κ3) is 6.49. The number of rotatable bonds is 6. The van der Waals surface area contributed by atoms with Crippen molar-refractivity contribution in [3.05, 3.63) is 12.2 Å². The first kappa shape index (κ1) is 28.2. The van der Waals surface area contributed by atoms with Gasteiger partial charge >= 0.3 is 6.09 Å². The lowest BCUT2D eigenvalue weighted by molar-refractivity contribution is -0.407. The van der Waals surface area contributed by atoms with Crippen molar-refractivity contribution in [1.29, 1.82) is 0 Å². The van der Waals surface area contributed by atoms with E-state index in [4.69, 9.17) is 18.9 Å². The number of carbonyl (C=O) groups excluding carboxylic acids is 1. The number of aliphatic hydroxyl groups is 7. The van der Waals surface area contributed by atoms with Crippen molar-refractivity contribution in [2.45, 2.75) is 106 Å². The molecule has 3 aliphatic rings. The van der Waals surface area contributed by atoms with Gasteiger partial charge in [0.2, 0.25) is 0 Å². The van der Waals surface area contributed by atoms with E-state index < -0.39 is 80.2 Å². The van der Waals surface area contributed by atoms with Gasteiger partial charge in [0.1, 0.15) is 54.9 Å². The van der Waals surface area contributed by atoms with Crippen LogP contribution >= 0.6 is 0 Å². The molecule has 3 rings (SSSR count). The first-order valence-electron chi connectivity index (χ1n) is 11.9. The Morgan fingerprint density at radius 2 is 1.63 bits per heavy atom. The van der Waals surface area contributed by atoms with E-state index in [1.54, 1.807) is 0 Å². The maximum atomic E-state index is 12.7. The smallest absolute Gasteiger partial charge is 0.407 e. The molecule has 35 heavy (non-hydrogen) atoms. The van der Waals surface area contributed by atoms with Crippen LogP contribution in [0.3, 0.4) is 0 Å². The van der Waals surface area contributed by atoms with Crippen LogP contribution in [0.25, 0.3) is 0 Å². The van der Waals surface area contributed by atoms with Crippen molar-refractivity contribution in [2.24, 2.45) is 0 Å². The average Bonchev–Trinajstić information content (AvgIpc) is 2.81. The Hall–Kier alpha value is -1.39. The zero-order valence-electron chi connectivity index (χ0n) is 19.5. The highest BCUT2D eigenvalue weighted by atomic mass is 16.8. The molecule has 0 radical (unpaired) electrons. The first-order valence-corrected chi connectivity index (χ1v) is 11.9. The van der Waals surface area contributed by atoms with E-state index in [2.05, 4.69) is 11.4 Å². The largest absolute Gasteiger partial charge is 0.446 e. The van der Waals surface area contributed by atoms with Gasteiger partial charge in [0.05, 0.1) is 13.2 Å². The summed E-state index contributed by atoms with van der Waals surface area (Å²) in [6.45, 7) is -0.201. The Morgan fingerprint density at radius 3 is 2.31 bits per heavy atom. The molecule has 11 atom stereocenters. The van der Waals surface area contributed by atoms with E-state index in [1.165, 1.54) is 6.92 Å². The topological polar surface area (TPSA) is 208 Å². The van der Waals surface area contributed by atoms with E-state index in [9.17, 15) is 40.5 Å². The van der Waals surface area contributed by atoms with Gasteiger partial charge in [-0.15, -0.1) is 0 Å². The number of aliphatic hydroxyl groups excluding tert-OH is 7. The van der Waals surface area contributed by atoms with E-state index in [0.29, 0.717) is 12.8 Å². The van der Waals surface area contributed by atoms with Crippen LogP contribution in [0.5, 0.6) is 0 Å². The molecule has 13 heteroatoms. The first-order chi connectivity index (χ1) is 16.6. The molecule has 8 N–H and O–H groups in total. The summed E-state index contributed by atoms with van der Waals surface area (Å²) in [5.74, 6) is -2.07. The van der Waals surface area contributed by atoms with Gasteiger partial charge in [-0.25, -0.2) is 4.79 Å². The number of amides is 1. The summed E-state index contributed by atoms with van der Waals surface area (Å²) in [7, 11) is 0. The normalized spacial score (nSPS) is 45.7. The van der Waals surface area contributed by atoms with Gasteiger partial charge < -0.3 is 60.0 Å². The lowest BCUT2D eigenvalue weighted by atomic mass is 9.92. The molecular weight excluding hydrogens is 470 g/mol. The fourth-order valence-electron chi connectivity index (χ4n) is 4.53. The third-order valence-electron chi connectivity index (χ3n) is 6.66.